The van der Waals surface area contributed by atoms with Crippen LogP contribution >= 0.6 is 0 Å². The van der Waals surface area contributed by atoms with Gasteiger partial charge >= 0.3 is 5.97 Å². The summed E-state index contributed by atoms with van der Waals surface area (Å²) in [5.74, 6) is -0.328. The van der Waals surface area contributed by atoms with Gasteiger partial charge < -0.3 is 10.4 Å². The second-order valence-corrected chi connectivity index (χ2v) is 4.98. The molecule has 0 saturated heterocycles. The van der Waals surface area contributed by atoms with Crippen molar-refractivity contribution in [2.24, 2.45) is 5.92 Å². The lowest BCUT2D eigenvalue weighted by atomic mass is 9.87. The Morgan fingerprint density at radius 2 is 1.94 bits per heavy atom. The molecule has 1 atom stereocenters. The van der Waals surface area contributed by atoms with Gasteiger partial charge in [-0.1, -0.05) is 26.2 Å². The van der Waals surface area contributed by atoms with Crippen molar-refractivity contribution in [2.75, 3.05) is 0 Å². The van der Waals surface area contributed by atoms with Crippen LogP contribution in [0.5, 0.6) is 0 Å². The van der Waals surface area contributed by atoms with Crippen molar-refractivity contribution in [3.05, 3.63) is 0 Å². The van der Waals surface area contributed by atoms with Crippen LogP contribution in [-0.4, -0.2) is 23.0 Å². The Balaban J connectivity index is 2.28. The fraction of sp³-hybridized carbons (Fsp3) is 0.846. The Bertz CT molecular complexity index is 259. The molecule has 1 rings (SSSR count). The van der Waals surface area contributed by atoms with Crippen LogP contribution in [0.15, 0.2) is 0 Å². The zero-order chi connectivity index (χ0) is 12.7. The normalized spacial score (nSPS) is 18.6. The van der Waals surface area contributed by atoms with Crippen molar-refractivity contribution >= 4 is 11.9 Å². The SMILES string of the molecule is CCC(CC(=O)O)NC(=O)CC1CCCCC1. The van der Waals surface area contributed by atoms with E-state index in [9.17, 15) is 9.59 Å². The van der Waals surface area contributed by atoms with E-state index in [4.69, 9.17) is 5.11 Å². The molecule has 1 saturated carbocycles. The highest BCUT2D eigenvalue weighted by Gasteiger charge is 2.19. The van der Waals surface area contributed by atoms with E-state index in [1.165, 1.54) is 19.3 Å². The first-order valence-electron chi connectivity index (χ1n) is 6.63. The Labute approximate surface area is 103 Å². The van der Waals surface area contributed by atoms with Crippen LogP contribution in [0, 0.1) is 5.92 Å². The zero-order valence-electron chi connectivity index (χ0n) is 10.6. The lowest BCUT2D eigenvalue weighted by Crippen LogP contribution is -2.37. The lowest BCUT2D eigenvalue weighted by molar-refractivity contribution is -0.137. The fourth-order valence-electron chi connectivity index (χ4n) is 2.45. The predicted octanol–water partition coefficient (Wildman–Crippen LogP) is 2.33. The van der Waals surface area contributed by atoms with Crippen molar-refractivity contribution in [1.82, 2.24) is 5.32 Å². The third kappa shape index (κ3) is 5.71. The molecule has 4 heteroatoms. The monoisotopic (exact) mass is 241 g/mol. The first-order valence-corrected chi connectivity index (χ1v) is 6.63. The molecule has 17 heavy (non-hydrogen) atoms. The number of rotatable bonds is 6. The minimum atomic E-state index is -0.852. The molecule has 0 aromatic heterocycles. The molecule has 1 unspecified atom stereocenters. The Morgan fingerprint density at radius 1 is 1.29 bits per heavy atom. The Morgan fingerprint density at radius 3 is 2.47 bits per heavy atom. The first kappa shape index (κ1) is 14.0. The number of amides is 1. The van der Waals surface area contributed by atoms with Gasteiger partial charge in [-0.05, 0) is 25.2 Å². The van der Waals surface area contributed by atoms with Crippen LogP contribution in [-0.2, 0) is 9.59 Å². The highest BCUT2D eigenvalue weighted by molar-refractivity contribution is 5.77. The van der Waals surface area contributed by atoms with E-state index in [0.29, 0.717) is 18.8 Å². The smallest absolute Gasteiger partial charge is 0.305 e. The molecule has 1 aliphatic carbocycles. The van der Waals surface area contributed by atoms with Crippen LogP contribution in [0.4, 0.5) is 0 Å². The van der Waals surface area contributed by atoms with Gasteiger partial charge in [-0.3, -0.25) is 9.59 Å². The third-order valence-corrected chi connectivity index (χ3v) is 3.48. The minimum absolute atomic E-state index is 0.0185. The van der Waals surface area contributed by atoms with Crippen molar-refractivity contribution in [2.45, 2.75) is 64.3 Å². The maximum Gasteiger partial charge on any atom is 0.305 e. The molecular formula is C13H23NO3. The number of hydrogen-bond donors (Lipinski definition) is 2. The predicted molar refractivity (Wildman–Crippen MR) is 65.7 cm³/mol. The first-order chi connectivity index (χ1) is 8.11. The Kier molecular flexibility index (Phi) is 6.01. The van der Waals surface area contributed by atoms with Crippen molar-refractivity contribution in [3.8, 4) is 0 Å². The van der Waals surface area contributed by atoms with Gasteiger partial charge in [-0.2, -0.15) is 0 Å². The van der Waals surface area contributed by atoms with Gasteiger partial charge in [-0.15, -0.1) is 0 Å². The van der Waals surface area contributed by atoms with Crippen molar-refractivity contribution in [1.29, 1.82) is 0 Å². The Hall–Kier alpha value is -1.06. The van der Waals surface area contributed by atoms with E-state index in [2.05, 4.69) is 5.32 Å². The van der Waals surface area contributed by atoms with E-state index in [0.717, 1.165) is 12.8 Å². The quantitative estimate of drug-likeness (QED) is 0.750. The number of carboxylic acid groups (broad SMARTS) is 1. The summed E-state index contributed by atoms with van der Waals surface area (Å²) in [6.45, 7) is 1.90. The molecule has 0 spiro atoms. The summed E-state index contributed by atoms with van der Waals surface area (Å²) in [7, 11) is 0. The highest BCUT2D eigenvalue weighted by Crippen LogP contribution is 2.26. The second kappa shape index (κ2) is 7.30. The van der Waals surface area contributed by atoms with Crippen LogP contribution in [0.3, 0.4) is 0 Å². The maximum absolute atomic E-state index is 11.8. The molecule has 0 aromatic carbocycles. The van der Waals surface area contributed by atoms with E-state index in [-0.39, 0.29) is 18.4 Å². The molecule has 1 fully saturated rings. The summed E-state index contributed by atoms with van der Waals surface area (Å²) < 4.78 is 0. The molecule has 0 aromatic rings. The fourth-order valence-corrected chi connectivity index (χ4v) is 2.45. The van der Waals surface area contributed by atoms with Crippen LogP contribution < -0.4 is 5.32 Å². The molecular weight excluding hydrogens is 218 g/mol. The van der Waals surface area contributed by atoms with E-state index < -0.39 is 5.97 Å². The largest absolute Gasteiger partial charge is 0.481 e. The van der Waals surface area contributed by atoms with Gasteiger partial charge in [0.1, 0.15) is 0 Å². The van der Waals surface area contributed by atoms with E-state index >= 15 is 0 Å². The minimum Gasteiger partial charge on any atom is -0.481 e. The number of carbonyl (C=O) groups is 2. The van der Waals surface area contributed by atoms with Gasteiger partial charge in [0.2, 0.25) is 5.91 Å². The molecule has 0 heterocycles. The average Bonchev–Trinajstić information content (AvgIpc) is 2.28. The zero-order valence-corrected chi connectivity index (χ0v) is 10.6. The second-order valence-electron chi connectivity index (χ2n) is 4.98. The number of carbonyl (C=O) groups excluding carboxylic acids is 1. The highest BCUT2D eigenvalue weighted by atomic mass is 16.4. The maximum atomic E-state index is 11.8. The van der Waals surface area contributed by atoms with Crippen LogP contribution in [0.25, 0.3) is 0 Å². The topological polar surface area (TPSA) is 66.4 Å². The summed E-state index contributed by atoms with van der Waals surface area (Å²) in [5, 5.41) is 11.5. The molecule has 0 radical (unpaired) electrons. The molecule has 1 aliphatic rings. The number of carboxylic acids is 1. The molecule has 4 nitrogen and oxygen atoms in total. The van der Waals surface area contributed by atoms with Crippen LogP contribution in [0.2, 0.25) is 0 Å². The molecule has 1 amide bonds. The summed E-state index contributed by atoms with van der Waals surface area (Å²) in [5.41, 5.74) is 0. The van der Waals surface area contributed by atoms with Gasteiger partial charge in [0.05, 0.1) is 6.42 Å². The third-order valence-electron chi connectivity index (χ3n) is 3.48. The van der Waals surface area contributed by atoms with E-state index in [1.807, 2.05) is 6.92 Å². The molecule has 0 aliphatic heterocycles. The summed E-state index contributed by atoms with van der Waals surface area (Å²) >= 11 is 0. The molecule has 2 N–H and O–H groups in total. The summed E-state index contributed by atoms with van der Waals surface area (Å²) in [6.07, 6.45) is 7.28. The standard InChI is InChI=1S/C13H23NO3/c1-2-11(9-13(16)17)14-12(15)8-10-6-4-3-5-7-10/h10-11H,2-9H2,1H3,(H,14,15)(H,16,17). The van der Waals surface area contributed by atoms with Gasteiger partial charge in [0.15, 0.2) is 0 Å². The summed E-state index contributed by atoms with van der Waals surface area (Å²) in [4.78, 5) is 22.3. The van der Waals surface area contributed by atoms with Gasteiger partial charge in [-0.25, -0.2) is 0 Å². The molecule has 0 bridgehead atoms. The van der Waals surface area contributed by atoms with Gasteiger partial charge in [0.25, 0.3) is 0 Å². The van der Waals surface area contributed by atoms with Crippen molar-refractivity contribution in [3.63, 3.8) is 0 Å². The number of hydrogen-bond acceptors (Lipinski definition) is 2. The summed E-state index contributed by atoms with van der Waals surface area (Å²) in [6, 6.07) is -0.219. The molecule has 98 valence electrons. The van der Waals surface area contributed by atoms with Gasteiger partial charge in [0, 0.05) is 12.5 Å². The van der Waals surface area contributed by atoms with Crippen molar-refractivity contribution < 1.29 is 14.7 Å². The number of aliphatic carboxylic acids is 1. The number of nitrogens with one attached hydrogen (secondary N) is 1. The van der Waals surface area contributed by atoms with Crippen LogP contribution in [0.1, 0.15) is 58.3 Å². The van der Waals surface area contributed by atoms with E-state index in [1.54, 1.807) is 0 Å². The average molecular weight is 241 g/mol. The lowest BCUT2D eigenvalue weighted by Gasteiger charge is -2.22.